The number of carbonyl (C=O) groups excluding carboxylic acids is 1. The zero-order chi connectivity index (χ0) is 17.5. The van der Waals surface area contributed by atoms with E-state index < -0.39 is 15.7 Å². The predicted molar refractivity (Wildman–Crippen MR) is 99.0 cm³/mol. The number of benzene rings is 1. The first-order chi connectivity index (χ1) is 11.3. The molecule has 0 bridgehead atoms. The lowest BCUT2D eigenvalue weighted by Crippen LogP contribution is -2.37. The summed E-state index contributed by atoms with van der Waals surface area (Å²) in [6, 6.07) is 4.41. The van der Waals surface area contributed by atoms with E-state index in [9.17, 15) is 13.2 Å². The van der Waals surface area contributed by atoms with Crippen molar-refractivity contribution in [3.05, 3.63) is 46.5 Å². The number of hydrogen-bond donors (Lipinski definition) is 0. The molecule has 1 aromatic carbocycles. The van der Waals surface area contributed by atoms with E-state index in [1.54, 1.807) is 12.1 Å². The number of amides is 1. The topological polar surface area (TPSA) is 66.8 Å². The van der Waals surface area contributed by atoms with Gasteiger partial charge in [-0.1, -0.05) is 41.0 Å². The van der Waals surface area contributed by atoms with Gasteiger partial charge in [0.1, 0.15) is 0 Å². The van der Waals surface area contributed by atoms with E-state index in [0.29, 0.717) is 16.7 Å². The fraction of sp³-hybridized carbons (Fsp3) is 0.333. The molecule has 0 saturated carbocycles. The SMILES string of the molecule is C=CCN1C(=NC(=O)c2ccc(Cl)cc2Cl)S[C@H]2CS(=O)(=O)C[C@H]21. The molecule has 0 aromatic heterocycles. The van der Waals surface area contributed by atoms with E-state index in [4.69, 9.17) is 23.2 Å². The van der Waals surface area contributed by atoms with E-state index in [2.05, 4.69) is 11.6 Å². The monoisotopic (exact) mass is 404 g/mol. The van der Waals surface area contributed by atoms with Crippen molar-refractivity contribution in [3.63, 3.8) is 0 Å². The molecule has 2 saturated heterocycles. The molecule has 3 rings (SSSR count). The van der Waals surface area contributed by atoms with Gasteiger partial charge in [-0.2, -0.15) is 4.99 Å². The zero-order valence-corrected chi connectivity index (χ0v) is 15.6. The smallest absolute Gasteiger partial charge is 0.280 e. The maximum atomic E-state index is 12.4. The molecular formula is C15H14Cl2N2O3S2. The normalized spacial score (nSPS) is 26.6. The summed E-state index contributed by atoms with van der Waals surface area (Å²) in [5, 5.41) is 1.07. The van der Waals surface area contributed by atoms with E-state index in [1.807, 2.05) is 4.90 Å². The molecule has 0 aliphatic carbocycles. The zero-order valence-electron chi connectivity index (χ0n) is 12.5. The third-order valence-corrected chi connectivity index (χ3v) is 7.65. The van der Waals surface area contributed by atoms with E-state index in [-0.39, 0.29) is 33.4 Å². The number of hydrogen-bond acceptors (Lipinski definition) is 4. The molecule has 1 amide bonds. The summed E-state index contributed by atoms with van der Waals surface area (Å²) in [5.41, 5.74) is 0.261. The largest absolute Gasteiger partial charge is 0.342 e. The van der Waals surface area contributed by atoms with Crippen LogP contribution in [0.15, 0.2) is 35.8 Å². The molecule has 2 heterocycles. The fourth-order valence-corrected chi connectivity index (χ4v) is 7.25. The van der Waals surface area contributed by atoms with Crippen LogP contribution in [0.3, 0.4) is 0 Å². The molecule has 2 aliphatic rings. The van der Waals surface area contributed by atoms with Gasteiger partial charge in [0.25, 0.3) is 5.91 Å². The van der Waals surface area contributed by atoms with Gasteiger partial charge in [-0.05, 0) is 18.2 Å². The Kier molecular flexibility index (Phi) is 4.97. The van der Waals surface area contributed by atoms with Crippen molar-refractivity contribution < 1.29 is 13.2 Å². The van der Waals surface area contributed by atoms with Crippen molar-refractivity contribution in [2.45, 2.75) is 11.3 Å². The van der Waals surface area contributed by atoms with Crippen molar-refractivity contribution in [2.75, 3.05) is 18.1 Å². The number of halogens is 2. The van der Waals surface area contributed by atoms with Crippen LogP contribution in [-0.2, 0) is 9.84 Å². The van der Waals surface area contributed by atoms with Gasteiger partial charge in [0, 0.05) is 16.8 Å². The lowest BCUT2D eigenvalue weighted by molar-refractivity contribution is 0.100. The highest BCUT2D eigenvalue weighted by Gasteiger charge is 2.48. The van der Waals surface area contributed by atoms with Crippen LogP contribution in [0, 0.1) is 0 Å². The molecule has 128 valence electrons. The highest BCUT2D eigenvalue weighted by molar-refractivity contribution is 8.15. The summed E-state index contributed by atoms with van der Waals surface area (Å²) in [6.45, 7) is 4.13. The van der Waals surface area contributed by atoms with Crippen molar-refractivity contribution in [1.82, 2.24) is 4.90 Å². The molecule has 5 nitrogen and oxygen atoms in total. The maximum Gasteiger partial charge on any atom is 0.280 e. The van der Waals surface area contributed by atoms with Crippen LogP contribution >= 0.6 is 35.0 Å². The Labute approximate surface area is 154 Å². The Morgan fingerprint density at radius 2 is 2.17 bits per heavy atom. The third kappa shape index (κ3) is 3.49. The Bertz CT molecular complexity index is 839. The van der Waals surface area contributed by atoms with Crippen LogP contribution in [0.5, 0.6) is 0 Å². The minimum atomic E-state index is -3.04. The van der Waals surface area contributed by atoms with Crippen molar-refractivity contribution >= 4 is 55.9 Å². The van der Waals surface area contributed by atoms with Gasteiger partial charge in [0.2, 0.25) is 0 Å². The summed E-state index contributed by atoms with van der Waals surface area (Å²) in [6.07, 6.45) is 1.67. The molecule has 2 aliphatic heterocycles. The molecule has 0 N–H and O–H groups in total. The second kappa shape index (κ2) is 6.71. The van der Waals surface area contributed by atoms with Crippen molar-refractivity contribution in [3.8, 4) is 0 Å². The summed E-state index contributed by atoms with van der Waals surface area (Å²) in [7, 11) is -3.04. The quantitative estimate of drug-likeness (QED) is 0.724. The second-order valence-electron chi connectivity index (χ2n) is 5.57. The lowest BCUT2D eigenvalue weighted by atomic mass is 10.2. The van der Waals surface area contributed by atoms with Crippen LogP contribution < -0.4 is 0 Å². The molecule has 9 heteroatoms. The Hall–Kier alpha value is -1.02. The number of fused-ring (bicyclic) bond motifs is 1. The van der Waals surface area contributed by atoms with Crippen molar-refractivity contribution in [1.29, 1.82) is 0 Å². The summed E-state index contributed by atoms with van der Waals surface area (Å²) in [5.74, 6) is -0.297. The average Bonchev–Trinajstić information content (AvgIpc) is 2.92. The van der Waals surface area contributed by atoms with Gasteiger partial charge >= 0.3 is 0 Å². The molecule has 2 atom stereocenters. The number of rotatable bonds is 3. The summed E-state index contributed by atoms with van der Waals surface area (Å²) < 4.78 is 23.6. The maximum absolute atomic E-state index is 12.4. The first kappa shape index (κ1) is 17.8. The van der Waals surface area contributed by atoms with Crippen LogP contribution in [0.2, 0.25) is 10.0 Å². The van der Waals surface area contributed by atoms with Crippen LogP contribution in [0.4, 0.5) is 0 Å². The number of nitrogens with zero attached hydrogens (tertiary/aromatic N) is 2. The lowest BCUT2D eigenvalue weighted by Gasteiger charge is -2.22. The number of carbonyl (C=O) groups is 1. The van der Waals surface area contributed by atoms with Gasteiger partial charge in [-0.15, -0.1) is 6.58 Å². The van der Waals surface area contributed by atoms with Gasteiger partial charge < -0.3 is 4.90 Å². The highest BCUT2D eigenvalue weighted by atomic mass is 35.5. The second-order valence-corrected chi connectivity index (χ2v) is 9.77. The molecular weight excluding hydrogens is 391 g/mol. The van der Waals surface area contributed by atoms with Crippen molar-refractivity contribution in [2.24, 2.45) is 4.99 Å². The van der Waals surface area contributed by atoms with E-state index >= 15 is 0 Å². The Balaban J connectivity index is 1.89. The number of thioether (sulfide) groups is 1. The van der Waals surface area contributed by atoms with Crippen LogP contribution in [-0.4, -0.2) is 53.7 Å². The van der Waals surface area contributed by atoms with E-state index in [1.165, 1.54) is 23.9 Å². The van der Waals surface area contributed by atoms with Crippen LogP contribution in [0.1, 0.15) is 10.4 Å². The van der Waals surface area contributed by atoms with Gasteiger partial charge in [-0.3, -0.25) is 4.79 Å². The number of amidine groups is 1. The van der Waals surface area contributed by atoms with Crippen LogP contribution in [0.25, 0.3) is 0 Å². The summed E-state index contributed by atoms with van der Waals surface area (Å²) >= 11 is 13.2. The average molecular weight is 405 g/mol. The highest BCUT2D eigenvalue weighted by Crippen LogP contribution is 2.38. The third-order valence-electron chi connectivity index (χ3n) is 3.86. The van der Waals surface area contributed by atoms with Gasteiger partial charge in [0.05, 0.1) is 28.1 Å². The molecule has 0 unspecified atom stereocenters. The molecule has 0 spiro atoms. The Morgan fingerprint density at radius 3 is 2.83 bits per heavy atom. The first-order valence-corrected chi connectivity index (χ1v) is 10.6. The van der Waals surface area contributed by atoms with Gasteiger partial charge in [0.15, 0.2) is 15.0 Å². The first-order valence-electron chi connectivity index (χ1n) is 7.13. The van der Waals surface area contributed by atoms with Gasteiger partial charge in [-0.25, -0.2) is 8.42 Å². The standard InChI is InChI=1S/C15H14Cl2N2O3S2/c1-2-5-19-12-7-24(21,22)8-13(12)23-15(19)18-14(20)10-4-3-9(16)6-11(10)17/h2-4,6,12-13H,1,5,7-8H2/t12-,13+/m1/s1. The molecule has 24 heavy (non-hydrogen) atoms. The minimum Gasteiger partial charge on any atom is -0.342 e. The fourth-order valence-electron chi connectivity index (χ4n) is 2.80. The predicted octanol–water partition coefficient (Wildman–Crippen LogP) is 2.89. The number of aliphatic imine (C=N–C) groups is 1. The molecule has 2 fully saturated rings. The Morgan fingerprint density at radius 1 is 1.42 bits per heavy atom. The number of sulfone groups is 1. The molecule has 0 radical (unpaired) electrons. The summed E-state index contributed by atoms with van der Waals surface area (Å²) in [4.78, 5) is 18.4. The minimum absolute atomic E-state index is 0.0768. The molecule has 1 aromatic rings. The van der Waals surface area contributed by atoms with E-state index in [0.717, 1.165) is 0 Å².